The first-order valence-electron chi connectivity index (χ1n) is 4.33. The van der Waals surface area contributed by atoms with Gasteiger partial charge in [0.25, 0.3) is 0 Å². The number of hydrogen-bond acceptors (Lipinski definition) is 5. The molecule has 0 bridgehead atoms. The van der Waals surface area contributed by atoms with Gasteiger partial charge in [0.1, 0.15) is 0 Å². The van der Waals surface area contributed by atoms with Crippen molar-refractivity contribution < 1.29 is 4.79 Å². The van der Waals surface area contributed by atoms with Gasteiger partial charge in [0.05, 0.1) is 16.8 Å². The molecule has 1 N–H and O–H groups in total. The van der Waals surface area contributed by atoms with Crippen molar-refractivity contribution in [3.05, 3.63) is 21.9 Å². The number of carbonyl (C=O) groups is 1. The number of thioether (sulfide) groups is 1. The summed E-state index contributed by atoms with van der Waals surface area (Å²) in [6, 6.07) is 2.03. The molecule has 0 unspecified atom stereocenters. The average molecular weight is 239 g/mol. The van der Waals surface area contributed by atoms with E-state index in [2.05, 4.69) is 15.5 Å². The fourth-order valence-corrected chi connectivity index (χ4v) is 2.44. The van der Waals surface area contributed by atoms with E-state index in [9.17, 15) is 4.79 Å². The molecule has 1 aliphatic heterocycles. The van der Waals surface area contributed by atoms with Crippen LogP contribution in [-0.2, 0) is 4.79 Å². The Morgan fingerprint density at radius 3 is 3.07 bits per heavy atom. The smallest absolute Gasteiger partial charge is 0.236 e. The summed E-state index contributed by atoms with van der Waals surface area (Å²) in [5.74, 6) is 0.424. The van der Waals surface area contributed by atoms with E-state index in [-0.39, 0.29) is 5.91 Å². The maximum atomic E-state index is 10.8. The van der Waals surface area contributed by atoms with Gasteiger partial charge in [-0.15, -0.1) is 16.4 Å². The topological polar surface area (TPSA) is 53.8 Å². The zero-order valence-electron chi connectivity index (χ0n) is 8.06. The highest BCUT2D eigenvalue weighted by molar-refractivity contribution is 8.15. The quantitative estimate of drug-likeness (QED) is 0.629. The molecular weight excluding hydrogens is 230 g/mol. The van der Waals surface area contributed by atoms with E-state index in [4.69, 9.17) is 0 Å². The summed E-state index contributed by atoms with van der Waals surface area (Å²) < 4.78 is 0. The van der Waals surface area contributed by atoms with Crippen molar-refractivity contribution in [1.29, 1.82) is 0 Å². The van der Waals surface area contributed by atoms with Crippen molar-refractivity contribution in [2.24, 2.45) is 10.2 Å². The Labute approximate surface area is 95.5 Å². The summed E-state index contributed by atoms with van der Waals surface area (Å²) in [6.45, 7) is 2.02. The minimum atomic E-state index is -0.0127. The first-order valence-corrected chi connectivity index (χ1v) is 6.20. The van der Waals surface area contributed by atoms with Gasteiger partial charge in [0.15, 0.2) is 5.17 Å². The second-order valence-corrected chi connectivity index (χ2v) is 4.87. The zero-order valence-corrected chi connectivity index (χ0v) is 9.69. The van der Waals surface area contributed by atoms with Gasteiger partial charge >= 0.3 is 0 Å². The number of amidine groups is 1. The average Bonchev–Trinajstić information content (AvgIpc) is 2.77. The Morgan fingerprint density at radius 1 is 1.60 bits per heavy atom. The number of carbonyl (C=O) groups excluding carboxylic acids is 1. The first kappa shape index (κ1) is 10.4. The van der Waals surface area contributed by atoms with Crippen molar-refractivity contribution in [2.75, 3.05) is 5.75 Å². The normalized spacial score (nSPS) is 19.0. The van der Waals surface area contributed by atoms with Gasteiger partial charge in [-0.2, -0.15) is 5.10 Å². The van der Waals surface area contributed by atoms with Crippen molar-refractivity contribution in [3.63, 3.8) is 0 Å². The summed E-state index contributed by atoms with van der Waals surface area (Å²) in [7, 11) is 0. The molecule has 1 saturated heterocycles. The Bertz CT molecular complexity index is 436. The van der Waals surface area contributed by atoms with Gasteiger partial charge in [-0.25, -0.2) is 0 Å². The van der Waals surface area contributed by atoms with Crippen molar-refractivity contribution in [3.8, 4) is 0 Å². The molecule has 2 heterocycles. The van der Waals surface area contributed by atoms with E-state index in [1.807, 2.05) is 18.4 Å². The van der Waals surface area contributed by atoms with E-state index in [0.29, 0.717) is 10.9 Å². The third kappa shape index (κ3) is 2.66. The summed E-state index contributed by atoms with van der Waals surface area (Å²) in [6.07, 6.45) is 1.71. The Morgan fingerprint density at radius 2 is 2.47 bits per heavy atom. The molecular formula is C9H9N3OS2. The van der Waals surface area contributed by atoms with Crippen molar-refractivity contribution in [1.82, 2.24) is 5.32 Å². The number of thiophene rings is 1. The highest BCUT2D eigenvalue weighted by Gasteiger charge is 2.15. The third-order valence-corrected chi connectivity index (χ3v) is 3.63. The van der Waals surface area contributed by atoms with Crippen LogP contribution in [0.5, 0.6) is 0 Å². The van der Waals surface area contributed by atoms with Crippen LogP contribution in [0.1, 0.15) is 10.4 Å². The molecule has 1 fully saturated rings. The van der Waals surface area contributed by atoms with Crippen LogP contribution in [0, 0.1) is 6.92 Å². The lowest BCUT2D eigenvalue weighted by Gasteiger charge is -1.89. The van der Waals surface area contributed by atoms with Gasteiger partial charge in [0, 0.05) is 0 Å². The number of amides is 1. The van der Waals surface area contributed by atoms with Gasteiger partial charge in [-0.3, -0.25) is 4.79 Å². The van der Waals surface area contributed by atoms with Gasteiger partial charge in [-0.1, -0.05) is 11.8 Å². The summed E-state index contributed by atoms with van der Waals surface area (Å²) in [5, 5.41) is 13.0. The van der Waals surface area contributed by atoms with Gasteiger partial charge in [-0.05, 0) is 23.9 Å². The van der Waals surface area contributed by atoms with Crippen molar-refractivity contribution >= 4 is 40.4 Å². The second kappa shape index (κ2) is 4.59. The lowest BCUT2D eigenvalue weighted by Crippen LogP contribution is -2.19. The molecule has 0 radical (unpaired) electrons. The molecule has 4 nitrogen and oxygen atoms in total. The zero-order chi connectivity index (χ0) is 10.7. The van der Waals surface area contributed by atoms with E-state index in [1.54, 1.807) is 17.6 Å². The second-order valence-electron chi connectivity index (χ2n) is 2.95. The molecule has 0 aromatic carbocycles. The predicted molar refractivity (Wildman–Crippen MR) is 64.7 cm³/mol. The van der Waals surface area contributed by atoms with E-state index < -0.39 is 0 Å². The number of nitrogens with zero attached hydrogens (tertiary/aromatic N) is 2. The molecule has 0 saturated carbocycles. The maximum Gasteiger partial charge on any atom is 0.236 e. The maximum absolute atomic E-state index is 10.8. The highest BCUT2D eigenvalue weighted by Crippen LogP contribution is 2.13. The van der Waals surface area contributed by atoms with Crippen LogP contribution in [0.15, 0.2) is 21.6 Å². The Kier molecular flexibility index (Phi) is 3.17. The van der Waals surface area contributed by atoms with Crippen molar-refractivity contribution in [2.45, 2.75) is 6.92 Å². The SMILES string of the molecule is Cc1ccsc1/C=N\N=C1/NC(=O)CS1. The van der Waals surface area contributed by atoms with Gasteiger partial charge in [0.2, 0.25) is 5.91 Å². The molecule has 0 aliphatic carbocycles. The lowest BCUT2D eigenvalue weighted by atomic mass is 10.3. The first-order chi connectivity index (χ1) is 7.25. The summed E-state index contributed by atoms with van der Waals surface area (Å²) >= 11 is 2.99. The summed E-state index contributed by atoms with van der Waals surface area (Å²) in [5.41, 5.74) is 1.19. The number of aryl methyl sites for hydroxylation is 1. The summed E-state index contributed by atoms with van der Waals surface area (Å²) in [4.78, 5) is 11.9. The Balaban J connectivity index is 2.01. The molecule has 15 heavy (non-hydrogen) atoms. The monoisotopic (exact) mass is 239 g/mol. The van der Waals surface area contributed by atoms with E-state index in [1.165, 1.54) is 17.3 Å². The van der Waals surface area contributed by atoms with Crippen LogP contribution in [0.25, 0.3) is 0 Å². The number of nitrogens with one attached hydrogen (secondary N) is 1. The molecule has 6 heteroatoms. The fraction of sp³-hybridized carbons (Fsp3) is 0.222. The lowest BCUT2D eigenvalue weighted by molar-refractivity contribution is -0.116. The molecule has 1 aromatic heterocycles. The molecule has 0 spiro atoms. The fourth-order valence-electron chi connectivity index (χ4n) is 1.03. The van der Waals surface area contributed by atoms with Crippen LogP contribution in [0.4, 0.5) is 0 Å². The highest BCUT2D eigenvalue weighted by atomic mass is 32.2. The van der Waals surface area contributed by atoms with Gasteiger partial charge < -0.3 is 5.32 Å². The standard InChI is InChI=1S/C9H9N3OS2/c1-6-2-3-14-7(6)4-10-12-9-11-8(13)5-15-9/h2-4H,5H2,1H3,(H,11,12,13)/b10-4-. The van der Waals surface area contributed by atoms with Crippen LogP contribution in [0.2, 0.25) is 0 Å². The van der Waals surface area contributed by atoms with Crippen LogP contribution >= 0.6 is 23.1 Å². The molecule has 78 valence electrons. The molecule has 1 aliphatic rings. The molecule has 1 amide bonds. The van der Waals surface area contributed by atoms with E-state index in [0.717, 1.165) is 4.88 Å². The molecule has 1 aromatic rings. The minimum absolute atomic E-state index is 0.0127. The number of hydrogen-bond donors (Lipinski definition) is 1. The van der Waals surface area contributed by atoms with E-state index >= 15 is 0 Å². The Hall–Kier alpha value is -1.14. The third-order valence-electron chi connectivity index (χ3n) is 1.81. The molecule has 0 atom stereocenters. The van der Waals surface area contributed by atoms with Crippen LogP contribution in [-0.4, -0.2) is 23.0 Å². The molecule has 2 rings (SSSR count). The minimum Gasteiger partial charge on any atom is -0.303 e. The van der Waals surface area contributed by atoms with Crippen LogP contribution in [0.3, 0.4) is 0 Å². The van der Waals surface area contributed by atoms with Crippen LogP contribution < -0.4 is 5.32 Å². The predicted octanol–water partition coefficient (Wildman–Crippen LogP) is 1.61. The largest absolute Gasteiger partial charge is 0.303 e. The number of rotatable bonds is 2.